The molecule has 0 aliphatic rings. The van der Waals surface area contributed by atoms with Crippen LogP contribution in [0.15, 0.2) is 36.4 Å². The van der Waals surface area contributed by atoms with Gasteiger partial charge in [0.25, 0.3) is 5.91 Å². The van der Waals surface area contributed by atoms with Gasteiger partial charge in [-0.2, -0.15) is 13.2 Å². The molecule has 1 atom stereocenters. The van der Waals surface area contributed by atoms with Gasteiger partial charge < -0.3 is 15.2 Å². The number of amides is 1. The molecular formula is C30H40F3NO4. The largest absolute Gasteiger partial charge is 0.485 e. The molecule has 0 bridgehead atoms. The molecule has 0 aliphatic carbocycles. The van der Waals surface area contributed by atoms with E-state index < -0.39 is 30.6 Å². The van der Waals surface area contributed by atoms with Crippen molar-refractivity contribution in [3.05, 3.63) is 64.2 Å². The second-order valence-corrected chi connectivity index (χ2v) is 10.6. The molecular weight excluding hydrogens is 495 g/mol. The molecule has 0 aromatic heterocycles. The Morgan fingerprint density at radius 3 is 1.89 bits per heavy atom. The molecule has 2 aromatic carbocycles. The number of ether oxygens (including phenoxy) is 1. The van der Waals surface area contributed by atoms with Gasteiger partial charge in [0.05, 0.1) is 6.42 Å². The van der Waals surface area contributed by atoms with Gasteiger partial charge in [-0.3, -0.25) is 9.59 Å². The number of carboxylic acids is 1. The Hall–Kier alpha value is -3.03. The van der Waals surface area contributed by atoms with E-state index in [4.69, 9.17) is 9.84 Å². The Morgan fingerprint density at radius 2 is 1.45 bits per heavy atom. The number of carbonyl (C=O) groups excluding carboxylic acids is 1. The van der Waals surface area contributed by atoms with Crippen LogP contribution >= 0.6 is 0 Å². The molecule has 0 saturated carbocycles. The van der Waals surface area contributed by atoms with Crippen LogP contribution in [0.5, 0.6) is 5.75 Å². The van der Waals surface area contributed by atoms with E-state index in [9.17, 15) is 22.8 Å². The van der Waals surface area contributed by atoms with Gasteiger partial charge in [0.15, 0.2) is 0 Å². The molecule has 0 spiro atoms. The summed E-state index contributed by atoms with van der Waals surface area (Å²) >= 11 is 0. The fourth-order valence-electron chi connectivity index (χ4n) is 4.18. The van der Waals surface area contributed by atoms with E-state index in [1.165, 1.54) is 5.56 Å². The summed E-state index contributed by atoms with van der Waals surface area (Å²) in [6.07, 6.45) is -5.93. The van der Waals surface area contributed by atoms with Crippen LogP contribution in [0.3, 0.4) is 0 Å². The number of alkyl halides is 3. The summed E-state index contributed by atoms with van der Waals surface area (Å²) in [4.78, 5) is 23.0. The summed E-state index contributed by atoms with van der Waals surface area (Å²) in [5, 5.41) is 11.3. The second kappa shape index (κ2) is 13.7. The van der Waals surface area contributed by atoms with E-state index in [-0.39, 0.29) is 37.6 Å². The Labute approximate surface area is 223 Å². The molecule has 5 nitrogen and oxygen atoms in total. The SMILES string of the molecule is CC(C)c1cc(C(C)C)c(OC(CCCC(F)(F)F)c2ccc(C(=O)NCCC(=O)O)cc2)c(C(C)C)c1. The number of carbonyl (C=O) groups is 2. The van der Waals surface area contributed by atoms with Crippen molar-refractivity contribution in [2.45, 2.75) is 97.3 Å². The first-order valence-electron chi connectivity index (χ1n) is 13.2. The fourth-order valence-corrected chi connectivity index (χ4v) is 4.18. The van der Waals surface area contributed by atoms with Crippen LogP contribution in [0.4, 0.5) is 13.2 Å². The summed E-state index contributed by atoms with van der Waals surface area (Å²) < 4.78 is 45.5. The lowest BCUT2D eigenvalue weighted by molar-refractivity contribution is -0.137. The third kappa shape index (κ3) is 9.37. The normalized spacial score (nSPS) is 12.7. The molecule has 210 valence electrons. The van der Waals surface area contributed by atoms with Gasteiger partial charge >= 0.3 is 12.1 Å². The molecule has 38 heavy (non-hydrogen) atoms. The van der Waals surface area contributed by atoms with Gasteiger partial charge in [-0.15, -0.1) is 0 Å². The highest BCUT2D eigenvalue weighted by atomic mass is 19.4. The van der Waals surface area contributed by atoms with E-state index >= 15 is 0 Å². The van der Waals surface area contributed by atoms with Gasteiger partial charge in [0.2, 0.25) is 0 Å². The minimum absolute atomic E-state index is 0.00142. The lowest BCUT2D eigenvalue weighted by Crippen LogP contribution is -2.26. The number of hydrogen-bond donors (Lipinski definition) is 2. The smallest absolute Gasteiger partial charge is 0.389 e. The average molecular weight is 536 g/mol. The van der Waals surface area contributed by atoms with Crippen LogP contribution in [-0.2, 0) is 4.79 Å². The Balaban J connectivity index is 2.43. The van der Waals surface area contributed by atoms with E-state index in [2.05, 4.69) is 59.0 Å². The van der Waals surface area contributed by atoms with Gasteiger partial charge in [0, 0.05) is 18.5 Å². The van der Waals surface area contributed by atoms with Crippen molar-refractivity contribution in [1.29, 1.82) is 0 Å². The first kappa shape index (κ1) is 31.2. The molecule has 1 amide bonds. The second-order valence-electron chi connectivity index (χ2n) is 10.6. The van der Waals surface area contributed by atoms with E-state index in [0.29, 0.717) is 22.8 Å². The summed E-state index contributed by atoms with van der Waals surface area (Å²) in [6.45, 7) is 12.6. The predicted molar refractivity (Wildman–Crippen MR) is 143 cm³/mol. The van der Waals surface area contributed by atoms with Crippen LogP contribution in [0.25, 0.3) is 0 Å². The number of hydrogen-bond acceptors (Lipinski definition) is 3. The monoisotopic (exact) mass is 535 g/mol. The van der Waals surface area contributed by atoms with Crippen LogP contribution in [0, 0.1) is 0 Å². The third-order valence-electron chi connectivity index (χ3n) is 6.44. The standard InChI is InChI=1S/C30H40F3NO4/c1-18(2)23-16-24(19(3)4)28(25(17-23)20(5)6)38-26(8-7-14-30(31,32)33)21-9-11-22(12-10-21)29(37)34-15-13-27(35)36/h9-12,16-20,26H,7-8,13-15H2,1-6H3,(H,34,37)(H,35,36). The van der Waals surface area contributed by atoms with Gasteiger partial charge in [-0.1, -0.05) is 65.8 Å². The Morgan fingerprint density at radius 1 is 0.895 bits per heavy atom. The highest BCUT2D eigenvalue weighted by Crippen LogP contribution is 2.41. The van der Waals surface area contributed by atoms with E-state index in [1.807, 2.05) is 0 Å². The quantitative estimate of drug-likeness (QED) is 0.272. The maximum Gasteiger partial charge on any atom is 0.389 e. The van der Waals surface area contributed by atoms with Crippen LogP contribution in [0.1, 0.15) is 124 Å². The van der Waals surface area contributed by atoms with Crippen molar-refractivity contribution in [2.75, 3.05) is 6.54 Å². The number of rotatable bonds is 13. The molecule has 2 N–H and O–H groups in total. The number of halogens is 3. The maximum atomic E-state index is 13.0. The van der Waals surface area contributed by atoms with Crippen molar-refractivity contribution in [3.63, 3.8) is 0 Å². The zero-order valence-corrected chi connectivity index (χ0v) is 23.1. The van der Waals surface area contributed by atoms with E-state index in [1.54, 1.807) is 24.3 Å². The van der Waals surface area contributed by atoms with E-state index in [0.717, 1.165) is 11.1 Å². The summed E-state index contributed by atoms with van der Waals surface area (Å²) in [5.41, 5.74) is 4.24. The number of carboxylic acid groups (broad SMARTS) is 1. The van der Waals surface area contributed by atoms with Crippen molar-refractivity contribution in [2.24, 2.45) is 0 Å². The van der Waals surface area contributed by atoms with Crippen molar-refractivity contribution in [1.82, 2.24) is 5.32 Å². The third-order valence-corrected chi connectivity index (χ3v) is 6.44. The minimum atomic E-state index is -4.26. The van der Waals surface area contributed by atoms with Gasteiger partial charge in [-0.05, 0) is 65.0 Å². The summed E-state index contributed by atoms with van der Waals surface area (Å²) in [5.74, 6) is -0.103. The van der Waals surface area contributed by atoms with Crippen LogP contribution in [0.2, 0.25) is 0 Å². The number of nitrogens with one attached hydrogen (secondary N) is 1. The maximum absolute atomic E-state index is 13.0. The Bertz CT molecular complexity index is 1050. The number of aliphatic carboxylic acids is 1. The lowest BCUT2D eigenvalue weighted by atomic mass is 9.88. The topological polar surface area (TPSA) is 75.6 Å². The molecule has 1 unspecified atom stereocenters. The first-order chi connectivity index (χ1) is 17.7. The zero-order valence-electron chi connectivity index (χ0n) is 23.1. The van der Waals surface area contributed by atoms with Crippen LogP contribution in [-0.4, -0.2) is 29.7 Å². The zero-order chi connectivity index (χ0) is 28.6. The summed E-state index contributed by atoms with van der Waals surface area (Å²) in [6, 6.07) is 10.8. The number of benzene rings is 2. The predicted octanol–water partition coefficient (Wildman–Crippen LogP) is 8.11. The highest BCUT2D eigenvalue weighted by Gasteiger charge is 2.28. The van der Waals surface area contributed by atoms with Crippen LogP contribution < -0.4 is 10.1 Å². The fraction of sp³-hybridized carbons (Fsp3) is 0.533. The Kier molecular flexibility index (Phi) is 11.2. The molecule has 0 saturated heterocycles. The molecule has 0 fully saturated rings. The van der Waals surface area contributed by atoms with Crippen molar-refractivity contribution in [3.8, 4) is 5.75 Å². The minimum Gasteiger partial charge on any atom is -0.485 e. The molecule has 0 aliphatic heterocycles. The molecule has 8 heteroatoms. The summed E-state index contributed by atoms with van der Waals surface area (Å²) in [7, 11) is 0. The van der Waals surface area contributed by atoms with Gasteiger partial charge in [-0.25, -0.2) is 0 Å². The molecule has 2 rings (SSSR count). The molecule has 2 aromatic rings. The van der Waals surface area contributed by atoms with Crippen molar-refractivity contribution < 1.29 is 32.6 Å². The van der Waals surface area contributed by atoms with Crippen molar-refractivity contribution >= 4 is 11.9 Å². The first-order valence-corrected chi connectivity index (χ1v) is 13.2. The van der Waals surface area contributed by atoms with Gasteiger partial charge in [0.1, 0.15) is 11.9 Å². The lowest BCUT2D eigenvalue weighted by Gasteiger charge is -2.27. The molecule has 0 heterocycles. The average Bonchev–Trinajstić information content (AvgIpc) is 2.81. The highest BCUT2D eigenvalue weighted by molar-refractivity contribution is 5.94. The molecule has 0 radical (unpaired) electrons.